The average Bonchev–Trinajstić information content (AvgIpc) is 2.82. The quantitative estimate of drug-likeness (QED) is 0.857. The molecule has 3 rings (SSSR count). The predicted molar refractivity (Wildman–Crippen MR) is 63.9 cm³/mol. The lowest BCUT2D eigenvalue weighted by molar-refractivity contribution is 0.414. The largest absolute Gasteiger partial charge is 0.497 e. The van der Waals surface area contributed by atoms with Crippen molar-refractivity contribution in [1.82, 2.24) is 10.3 Å². The molecular formula is C13H14N2O2. The minimum atomic E-state index is 0.678. The number of rotatable bonds is 2. The summed E-state index contributed by atoms with van der Waals surface area (Å²) >= 11 is 0. The number of ether oxygens (including phenoxy) is 1. The highest BCUT2D eigenvalue weighted by atomic mass is 16.5. The molecule has 0 fully saturated rings. The van der Waals surface area contributed by atoms with Crippen LogP contribution in [0.25, 0.3) is 11.5 Å². The number of benzene rings is 1. The number of aromatic nitrogens is 1. The number of nitrogens with one attached hydrogen (secondary N) is 1. The summed E-state index contributed by atoms with van der Waals surface area (Å²) in [4.78, 5) is 4.53. The molecular weight excluding hydrogens is 216 g/mol. The molecule has 1 aliphatic heterocycles. The second kappa shape index (κ2) is 4.22. The first-order chi connectivity index (χ1) is 8.36. The third-order valence-electron chi connectivity index (χ3n) is 2.92. The summed E-state index contributed by atoms with van der Waals surface area (Å²) in [6, 6.07) is 7.77. The van der Waals surface area contributed by atoms with Crippen molar-refractivity contribution in [2.45, 2.75) is 13.0 Å². The molecule has 88 valence electrons. The van der Waals surface area contributed by atoms with E-state index in [2.05, 4.69) is 10.3 Å². The second-order valence-corrected chi connectivity index (χ2v) is 4.05. The van der Waals surface area contributed by atoms with Crippen molar-refractivity contribution in [2.75, 3.05) is 13.7 Å². The van der Waals surface area contributed by atoms with Gasteiger partial charge in [0.1, 0.15) is 11.5 Å². The van der Waals surface area contributed by atoms with Crippen LogP contribution in [0.5, 0.6) is 5.75 Å². The molecule has 4 heteroatoms. The van der Waals surface area contributed by atoms with Crippen LogP contribution in [0.3, 0.4) is 0 Å². The maximum absolute atomic E-state index is 5.76. The SMILES string of the molecule is COc1cccc(-c2nc3c(o2)CNCC3)c1. The van der Waals surface area contributed by atoms with E-state index in [0.717, 1.165) is 42.3 Å². The lowest BCUT2D eigenvalue weighted by Gasteiger charge is -2.08. The smallest absolute Gasteiger partial charge is 0.226 e. The minimum absolute atomic E-state index is 0.678. The lowest BCUT2D eigenvalue weighted by atomic mass is 10.2. The highest BCUT2D eigenvalue weighted by molar-refractivity contribution is 5.56. The Morgan fingerprint density at radius 2 is 2.35 bits per heavy atom. The molecule has 1 N–H and O–H groups in total. The van der Waals surface area contributed by atoms with Crippen molar-refractivity contribution in [1.29, 1.82) is 0 Å². The van der Waals surface area contributed by atoms with Gasteiger partial charge in [0, 0.05) is 18.5 Å². The summed E-state index contributed by atoms with van der Waals surface area (Å²) < 4.78 is 11.0. The van der Waals surface area contributed by atoms with E-state index >= 15 is 0 Å². The Kier molecular flexibility index (Phi) is 2.57. The van der Waals surface area contributed by atoms with E-state index in [1.54, 1.807) is 7.11 Å². The third-order valence-corrected chi connectivity index (χ3v) is 2.92. The minimum Gasteiger partial charge on any atom is -0.497 e. The Hall–Kier alpha value is -1.81. The van der Waals surface area contributed by atoms with Crippen LogP contribution in [0.4, 0.5) is 0 Å². The maximum atomic E-state index is 5.76. The summed E-state index contributed by atoms with van der Waals surface area (Å²) in [6.07, 6.45) is 0.933. The van der Waals surface area contributed by atoms with Crippen LogP contribution in [0.2, 0.25) is 0 Å². The monoisotopic (exact) mass is 230 g/mol. The molecule has 4 nitrogen and oxygen atoms in total. The van der Waals surface area contributed by atoms with Crippen LogP contribution in [-0.2, 0) is 13.0 Å². The van der Waals surface area contributed by atoms with E-state index in [9.17, 15) is 0 Å². The number of oxazole rings is 1. The normalized spacial score (nSPS) is 14.4. The van der Waals surface area contributed by atoms with Gasteiger partial charge in [-0.05, 0) is 18.2 Å². The van der Waals surface area contributed by atoms with Crippen LogP contribution >= 0.6 is 0 Å². The number of nitrogens with zero attached hydrogens (tertiary/aromatic N) is 1. The summed E-state index contributed by atoms with van der Waals surface area (Å²) in [6.45, 7) is 1.74. The average molecular weight is 230 g/mol. The molecule has 17 heavy (non-hydrogen) atoms. The summed E-state index contributed by atoms with van der Waals surface area (Å²) in [7, 11) is 1.66. The van der Waals surface area contributed by atoms with Gasteiger partial charge in [-0.2, -0.15) is 0 Å². The van der Waals surface area contributed by atoms with Crippen molar-refractivity contribution >= 4 is 0 Å². The standard InChI is InChI=1S/C13H14N2O2/c1-16-10-4-2-3-9(7-10)13-15-11-5-6-14-8-12(11)17-13/h2-4,7,14H,5-6,8H2,1H3. The molecule has 1 aliphatic rings. The van der Waals surface area contributed by atoms with Crippen LogP contribution in [-0.4, -0.2) is 18.6 Å². The van der Waals surface area contributed by atoms with Gasteiger partial charge < -0.3 is 14.5 Å². The maximum Gasteiger partial charge on any atom is 0.226 e. The van der Waals surface area contributed by atoms with Crippen LogP contribution < -0.4 is 10.1 Å². The van der Waals surface area contributed by atoms with Crippen molar-refractivity contribution in [3.63, 3.8) is 0 Å². The van der Waals surface area contributed by atoms with Crippen LogP contribution in [0.15, 0.2) is 28.7 Å². The Morgan fingerprint density at radius 3 is 3.18 bits per heavy atom. The van der Waals surface area contributed by atoms with Crippen molar-refractivity contribution < 1.29 is 9.15 Å². The van der Waals surface area contributed by atoms with E-state index in [0.29, 0.717) is 5.89 Å². The molecule has 1 aromatic heterocycles. The molecule has 2 heterocycles. The Morgan fingerprint density at radius 1 is 1.41 bits per heavy atom. The predicted octanol–water partition coefficient (Wildman–Crippen LogP) is 2.00. The second-order valence-electron chi connectivity index (χ2n) is 4.05. The highest BCUT2D eigenvalue weighted by Gasteiger charge is 2.17. The molecule has 0 saturated carbocycles. The number of hydrogen-bond donors (Lipinski definition) is 1. The number of methoxy groups -OCH3 is 1. The van der Waals surface area contributed by atoms with E-state index in [-0.39, 0.29) is 0 Å². The molecule has 1 aromatic carbocycles. The molecule has 0 spiro atoms. The lowest BCUT2D eigenvalue weighted by Crippen LogP contribution is -2.22. The first-order valence-corrected chi connectivity index (χ1v) is 5.70. The van der Waals surface area contributed by atoms with Gasteiger partial charge in [0.2, 0.25) is 5.89 Å². The van der Waals surface area contributed by atoms with E-state index in [1.165, 1.54) is 0 Å². The molecule has 0 saturated heterocycles. The van der Waals surface area contributed by atoms with Crippen LogP contribution in [0, 0.1) is 0 Å². The first kappa shape index (κ1) is 10.4. The Bertz CT molecular complexity index is 510. The highest BCUT2D eigenvalue weighted by Crippen LogP contribution is 2.26. The fourth-order valence-corrected chi connectivity index (χ4v) is 2.01. The van der Waals surface area contributed by atoms with E-state index in [4.69, 9.17) is 9.15 Å². The van der Waals surface area contributed by atoms with Gasteiger partial charge in [0.05, 0.1) is 19.3 Å². The van der Waals surface area contributed by atoms with Gasteiger partial charge in [-0.1, -0.05) is 6.07 Å². The summed E-state index contributed by atoms with van der Waals surface area (Å²) in [5.74, 6) is 2.45. The molecule has 0 unspecified atom stereocenters. The summed E-state index contributed by atoms with van der Waals surface area (Å²) in [5, 5.41) is 3.27. The molecule has 0 radical (unpaired) electrons. The van der Waals surface area contributed by atoms with Gasteiger partial charge in [-0.15, -0.1) is 0 Å². The van der Waals surface area contributed by atoms with Crippen LogP contribution in [0.1, 0.15) is 11.5 Å². The number of fused-ring (bicyclic) bond motifs is 1. The Labute approximate surface area is 99.6 Å². The topological polar surface area (TPSA) is 47.3 Å². The molecule has 0 atom stereocenters. The summed E-state index contributed by atoms with van der Waals surface area (Å²) in [5.41, 5.74) is 2.03. The molecule has 0 aliphatic carbocycles. The first-order valence-electron chi connectivity index (χ1n) is 5.70. The third kappa shape index (κ3) is 1.91. The fourth-order valence-electron chi connectivity index (χ4n) is 2.01. The zero-order valence-electron chi connectivity index (χ0n) is 9.69. The van der Waals surface area contributed by atoms with Crippen molar-refractivity contribution in [3.8, 4) is 17.2 Å². The zero-order chi connectivity index (χ0) is 11.7. The van der Waals surface area contributed by atoms with Gasteiger partial charge in [0.15, 0.2) is 0 Å². The van der Waals surface area contributed by atoms with Gasteiger partial charge >= 0.3 is 0 Å². The molecule has 2 aromatic rings. The number of hydrogen-bond acceptors (Lipinski definition) is 4. The molecule has 0 amide bonds. The van der Waals surface area contributed by atoms with E-state index in [1.807, 2.05) is 24.3 Å². The van der Waals surface area contributed by atoms with Gasteiger partial charge in [-0.3, -0.25) is 0 Å². The van der Waals surface area contributed by atoms with Crippen molar-refractivity contribution in [2.24, 2.45) is 0 Å². The zero-order valence-corrected chi connectivity index (χ0v) is 9.69. The van der Waals surface area contributed by atoms with Gasteiger partial charge in [-0.25, -0.2) is 4.98 Å². The molecule has 0 bridgehead atoms. The fraction of sp³-hybridized carbons (Fsp3) is 0.308. The van der Waals surface area contributed by atoms with Crippen molar-refractivity contribution in [3.05, 3.63) is 35.7 Å². The Balaban J connectivity index is 2.00. The van der Waals surface area contributed by atoms with Gasteiger partial charge in [0.25, 0.3) is 0 Å². The van der Waals surface area contributed by atoms with E-state index < -0.39 is 0 Å².